The maximum Gasteiger partial charge on any atom is 0.247 e. The number of benzene rings is 3. The zero-order valence-corrected chi connectivity index (χ0v) is 22.2. The predicted molar refractivity (Wildman–Crippen MR) is 147 cm³/mol. The number of anilines is 1. The highest BCUT2D eigenvalue weighted by Crippen LogP contribution is 2.28. The molecule has 6 nitrogen and oxygen atoms in total. The van der Waals surface area contributed by atoms with E-state index < -0.39 is 12.1 Å². The van der Waals surface area contributed by atoms with Crippen LogP contribution in [-0.4, -0.2) is 41.2 Å². The average molecular weight is 559 g/mol. The van der Waals surface area contributed by atoms with Gasteiger partial charge in [-0.2, -0.15) is 0 Å². The van der Waals surface area contributed by atoms with Gasteiger partial charge in [0.2, 0.25) is 17.7 Å². The molecule has 2 atom stereocenters. The van der Waals surface area contributed by atoms with Crippen molar-refractivity contribution in [2.24, 2.45) is 0 Å². The molecule has 1 heterocycles. The number of amides is 3. The largest absolute Gasteiger partial charge is 0.354 e. The standard InChI is InChI=1S/C28H26Cl3N3O3/c29-20-8-6-18(7-9-20)14-15-32-27(36)25(16-19-4-2-1-3-5-19)34-24(12-13-26(34)35)28(37)33-21-10-11-22(30)23(31)17-21/h1-11,17,24-25H,12-16H2,(H,32,36)(H,33,37)/t24?,25-/m0/s1. The summed E-state index contributed by atoms with van der Waals surface area (Å²) in [6, 6.07) is 20.0. The minimum Gasteiger partial charge on any atom is -0.354 e. The molecule has 1 aliphatic rings. The summed E-state index contributed by atoms with van der Waals surface area (Å²) in [4.78, 5) is 41.1. The Bertz CT molecular complexity index is 1270. The molecule has 0 aliphatic carbocycles. The quantitative estimate of drug-likeness (QED) is 0.362. The molecule has 37 heavy (non-hydrogen) atoms. The van der Waals surface area contributed by atoms with Crippen molar-refractivity contribution in [3.05, 3.63) is 99.0 Å². The fraction of sp³-hybridized carbons (Fsp3) is 0.250. The first-order valence-electron chi connectivity index (χ1n) is 11.9. The summed E-state index contributed by atoms with van der Waals surface area (Å²) in [5.41, 5.74) is 2.38. The molecule has 2 N–H and O–H groups in total. The van der Waals surface area contributed by atoms with Gasteiger partial charge < -0.3 is 15.5 Å². The maximum atomic E-state index is 13.4. The summed E-state index contributed by atoms with van der Waals surface area (Å²) in [5.74, 6) is -0.917. The molecule has 0 radical (unpaired) electrons. The van der Waals surface area contributed by atoms with Crippen LogP contribution in [0, 0.1) is 0 Å². The number of hydrogen-bond acceptors (Lipinski definition) is 3. The van der Waals surface area contributed by atoms with E-state index in [1.807, 2.05) is 42.5 Å². The fourth-order valence-corrected chi connectivity index (χ4v) is 4.83. The highest BCUT2D eigenvalue weighted by molar-refractivity contribution is 6.42. The molecular weight excluding hydrogens is 533 g/mol. The van der Waals surface area contributed by atoms with E-state index in [2.05, 4.69) is 10.6 Å². The van der Waals surface area contributed by atoms with E-state index >= 15 is 0 Å². The minimum absolute atomic E-state index is 0.183. The minimum atomic E-state index is -0.841. The Kier molecular flexibility index (Phi) is 9.09. The van der Waals surface area contributed by atoms with Gasteiger partial charge in [0.1, 0.15) is 12.1 Å². The molecule has 1 unspecified atom stereocenters. The van der Waals surface area contributed by atoms with Gasteiger partial charge in [0.05, 0.1) is 10.0 Å². The van der Waals surface area contributed by atoms with Crippen LogP contribution in [0.1, 0.15) is 24.0 Å². The summed E-state index contributed by atoms with van der Waals surface area (Å²) in [7, 11) is 0. The summed E-state index contributed by atoms with van der Waals surface area (Å²) in [6.07, 6.45) is 1.39. The third-order valence-corrected chi connectivity index (χ3v) is 7.27. The van der Waals surface area contributed by atoms with Crippen LogP contribution in [-0.2, 0) is 27.2 Å². The second-order valence-corrected chi connectivity index (χ2v) is 10.1. The van der Waals surface area contributed by atoms with Gasteiger partial charge in [-0.1, -0.05) is 77.3 Å². The van der Waals surface area contributed by atoms with Gasteiger partial charge in [-0.15, -0.1) is 0 Å². The highest BCUT2D eigenvalue weighted by Gasteiger charge is 2.43. The third-order valence-electron chi connectivity index (χ3n) is 6.28. The number of halogens is 3. The van der Waals surface area contributed by atoms with Crippen LogP contribution in [0.2, 0.25) is 15.1 Å². The predicted octanol–water partition coefficient (Wildman–Crippen LogP) is 5.55. The van der Waals surface area contributed by atoms with Crippen LogP contribution < -0.4 is 10.6 Å². The van der Waals surface area contributed by atoms with Gasteiger partial charge in [-0.25, -0.2) is 0 Å². The third kappa shape index (κ3) is 7.04. The van der Waals surface area contributed by atoms with Crippen LogP contribution in [0.3, 0.4) is 0 Å². The zero-order valence-electron chi connectivity index (χ0n) is 19.9. The molecular formula is C28H26Cl3N3O3. The first-order chi connectivity index (χ1) is 17.8. The van der Waals surface area contributed by atoms with Gasteiger partial charge in [0.15, 0.2) is 0 Å². The van der Waals surface area contributed by atoms with Gasteiger partial charge in [0, 0.05) is 30.1 Å². The maximum absolute atomic E-state index is 13.4. The van der Waals surface area contributed by atoms with Crippen LogP contribution >= 0.6 is 34.8 Å². The van der Waals surface area contributed by atoms with Crippen LogP contribution in [0.15, 0.2) is 72.8 Å². The molecule has 4 rings (SSSR count). The van der Waals surface area contributed by atoms with E-state index in [4.69, 9.17) is 34.8 Å². The molecule has 1 fully saturated rings. The lowest BCUT2D eigenvalue weighted by Gasteiger charge is -2.32. The number of rotatable bonds is 9. The number of nitrogens with one attached hydrogen (secondary N) is 2. The molecule has 0 saturated carbocycles. The van der Waals surface area contributed by atoms with Crippen molar-refractivity contribution in [1.82, 2.24) is 10.2 Å². The van der Waals surface area contributed by atoms with Crippen molar-refractivity contribution < 1.29 is 14.4 Å². The molecule has 1 aliphatic heterocycles. The van der Waals surface area contributed by atoms with Gasteiger partial charge >= 0.3 is 0 Å². The SMILES string of the molecule is O=C(Nc1ccc(Cl)c(Cl)c1)C1CCC(=O)N1[C@@H](Cc1ccccc1)C(=O)NCCc1ccc(Cl)cc1. The molecule has 0 aromatic heterocycles. The first kappa shape index (κ1) is 27.0. The molecule has 3 amide bonds. The Morgan fingerprint density at radius 3 is 2.35 bits per heavy atom. The lowest BCUT2D eigenvalue weighted by molar-refractivity contribution is -0.141. The Balaban J connectivity index is 1.51. The molecule has 0 bridgehead atoms. The van der Waals surface area contributed by atoms with Gasteiger partial charge in [0.25, 0.3) is 0 Å². The Morgan fingerprint density at radius 1 is 0.919 bits per heavy atom. The lowest BCUT2D eigenvalue weighted by atomic mass is 10.0. The van der Waals surface area contributed by atoms with E-state index in [0.29, 0.717) is 40.1 Å². The van der Waals surface area contributed by atoms with Crippen LogP contribution in [0.25, 0.3) is 0 Å². The van der Waals surface area contributed by atoms with Crippen molar-refractivity contribution in [2.45, 2.75) is 37.8 Å². The van der Waals surface area contributed by atoms with Crippen molar-refractivity contribution >= 4 is 58.2 Å². The number of hydrogen-bond donors (Lipinski definition) is 2. The smallest absolute Gasteiger partial charge is 0.247 e. The topological polar surface area (TPSA) is 78.5 Å². The summed E-state index contributed by atoms with van der Waals surface area (Å²) >= 11 is 18.0. The van der Waals surface area contributed by atoms with E-state index in [-0.39, 0.29) is 30.6 Å². The Morgan fingerprint density at radius 2 is 1.65 bits per heavy atom. The first-order valence-corrected chi connectivity index (χ1v) is 13.1. The summed E-state index contributed by atoms with van der Waals surface area (Å²) in [5, 5.41) is 7.09. The highest BCUT2D eigenvalue weighted by atomic mass is 35.5. The molecule has 3 aromatic carbocycles. The monoisotopic (exact) mass is 557 g/mol. The van der Waals surface area contributed by atoms with Gasteiger partial charge in [-0.05, 0) is 54.3 Å². The van der Waals surface area contributed by atoms with Crippen molar-refractivity contribution in [2.75, 3.05) is 11.9 Å². The van der Waals surface area contributed by atoms with E-state index in [0.717, 1.165) is 11.1 Å². The van der Waals surface area contributed by atoms with Crippen molar-refractivity contribution in [3.63, 3.8) is 0 Å². The number of nitrogens with zero attached hydrogens (tertiary/aromatic N) is 1. The summed E-state index contributed by atoms with van der Waals surface area (Å²) in [6.45, 7) is 0.383. The number of carbonyl (C=O) groups is 3. The molecule has 9 heteroatoms. The lowest BCUT2D eigenvalue weighted by Crippen LogP contribution is -2.54. The second-order valence-electron chi connectivity index (χ2n) is 8.85. The normalized spacial score (nSPS) is 15.9. The number of likely N-dealkylation sites (tertiary alicyclic amines) is 1. The summed E-state index contributed by atoms with van der Waals surface area (Å²) < 4.78 is 0. The second kappa shape index (κ2) is 12.5. The molecule has 1 saturated heterocycles. The number of carbonyl (C=O) groups excluding carboxylic acids is 3. The van der Waals surface area contributed by atoms with Crippen molar-refractivity contribution in [1.29, 1.82) is 0 Å². The molecule has 3 aromatic rings. The Hall–Kier alpha value is -3.06. The van der Waals surface area contributed by atoms with E-state index in [9.17, 15) is 14.4 Å². The zero-order chi connectivity index (χ0) is 26.4. The van der Waals surface area contributed by atoms with Gasteiger partial charge in [-0.3, -0.25) is 14.4 Å². The Labute approximate surface area is 230 Å². The van der Waals surface area contributed by atoms with E-state index in [1.54, 1.807) is 30.3 Å². The average Bonchev–Trinajstić information content (AvgIpc) is 3.27. The van der Waals surface area contributed by atoms with Crippen LogP contribution in [0.5, 0.6) is 0 Å². The van der Waals surface area contributed by atoms with Crippen LogP contribution in [0.4, 0.5) is 5.69 Å². The molecule has 0 spiro atoms. The van der Waals surface area contributed by atoms with E-state index in [1.165, 1.54) is 4.90 Å². The van der Waals surface area contributed by atoms with Crippen molar-refractivity contribution in [3.8, 4) is 0 Å². The fourth-order valence-electron chi connectivity index (χ4n) is 4.40. The molecule has 192 valence electrons.